The van der Waals surface area contributed by atoms with Crippen molar-refractivity contribution in [3.63, 3.8) is 0 Å². The van der Waals surface area contributed by atoms with Crippen LogP contribution in [0.25, 0.3) is 0 Å². The Hall–Kier alpha value is -1.60. The van der Waals surface area contributed by atoms with E-state index in [-0.39, 0.29) is 5.78 Å². The molecule has 2 aromatic rings. The summed E-state index contributed by atoms with van der Waals surface area (Å²) in [6, 6.07) is 11.7. The molecule has 0 saturated carbocycles. The zero-order valence-electron chi connectivity index (χ0n) is 11.5. The van der Waals surface area contributed by atoms with Crippen molar-refractivity contribution >= 4 is 17.4 Å². The number of hydrogen-bond donors (Lipinski definition) is 0. The van der Waals surface area contributed by atoms with Crippen molar-refractivity contribution in [3.05, 3.63) is 69.2 Å². The van der Waals surface area contributed by atoms with E-state index in [0.717, 1.165) is 22.3 Å². The Morgan fingerprint density at radius 3 is 2.26 bits per heavy atom. The van der Waals surface area contributed by atoms with E-state index in [0.29, 0.717) is 11.4 Å². The Morgan fingerprint density at radius 1 is 1.00 bits per heavy atom. The number of benzene rings is 2. The van der Waals surface area contributed by atoms with E-state index in [9.17, 15) is 4.79 Å². The highest BCUT2D eigenvalue weighted by Crippen LogP contribution is 2.20. The molecule has 0 fully saturated rings. The SMILES string of the molecule is Cc1ccc(C(=O)Cc2ccc(C)cc2Cl)c(C)c1. The van der Waals surface area contributed by atoms with Crippen molar-refractivity contribution in [1.82, 2.24) is 0 Å². The van der Waals surface area contributed by atoms with Crippen molar-refractivity contribution < 1.29 is 4.79 Å². The molecule has 0 amide bonds. The number of carbonyl (C=O) groups is 1. The third-order valence-corrected chi connectivity index (χ3v) is 3.59. The molecule has 0 spiro atoms. The first-order valence-corrected chi connectivity index (χ1v) is 6.70. The van der Waals surface area contributed by atoms with Gasteiger partial charge in [-0.1, -0.05) is 47.5 Å². The summed E-state index contributed by atoms with van der Waals surface area (Å²) >= 11 is 6.17. The monoisotopic (exact) mass is 272 g/mol. The van der Waals surface area contributed by atoms with Gasteiger partial charge in [0.2, 0.25) is 0 Å². The average molecular weight is 273 g/mol. The van der Waals surface area contributed by atoms with Gasteiger partial charge < -0.3 is 0 Å². The number of halogens is 1. The highest BCUT2D eigenvalue weighted by atomic mass is 35.5. The summed E-state index contributed by atoms with van der Waals surface area (Å²) in [6.07, 6.45) is 0.350. The standard InChI is InChI=1S/C17H17ClO/c1-11-5-7-15(13(3)8-11)17(19)10-14-6-4-12(2)9-16(14)18/h4-9H,10H2,1-3H3. The lowest BCUT2D eigenvalue weighted by molar-refractivity contribution is 0.0992. The van der Waals surface area contributed by atoms with Crippen molar-refractivity contribution in [2.24, 2.45) is 0 Å². The predicted molar refractivity (Wildman–Crippen MR) is 80.1 cm³/mol. The average Bonchev–Trinajstić information content (AvgIpc) is 2.32. The fraction of sp³-hybridized carbons (Fsp3) is 0.235. The maximum atomic E-state index is 12.3. The van der Waals surface area contributed by atoms with E-state index in [2.05, 4.69) is 0 Å². The van der Waals surface area contributed by atoms with Crippen LogP contribution in [0.15, 0.2) is 36.4 Å². The number of carbonyl (C=O) groups excluding carboxylic acids is 1. The second-order valence-corrected chi connectivity index (χ2v) is 5.42. The lowest BCUT2D eigenvalue weighted by Gasteiger charge is -2.08. The normalized spacial score (nSPS) is 10.5. The summed E-state index contributed by atoms with van der Waals surface area (Å²) in [5, 5.41) is 0.665. The highest BCUT2D eigenvalue weighted by molar-refractivity contribution is 6.31. The zero-order chi connectivity index (χ0) is 14.0. The highest BCUT2D eigenvalue weighted by Gasteiger charge is 2.12. The third kappa shape index (κ3) is 3.24. The van der Waals surface area contributed by atoms with Gasteiger partial charge in [0.05, 0.1) is 0 Å². The maximum absolute atomic E-state index is 12.3. The molecule has 0 heterocycles. The van der Waals surface area contributed by atoms with Crippen molar-refractivity contribution in [2.75, 3.05) is 0 Å². The van der Waals surface area contributed by atoms with E-state index < -0.39 is 0 Å². The van der Waals surface area contributed by atoms with Gasteiger partial charge in [-0.2, -0.15) is 0 Å². The van der Waals surface area contributed by atoms with Crippen LogP contribution in [0.3, 0.4) is 0 Å². The summed E-state index contributed by atoms with van der Waals surface area (Å²) in [6.45, 7) is 5.98. The molecule has 0 radical (unpaired) electrons. The molecule has 0 bridgehead atoms. The fourth-order valence-electron chi connectivity index (χ4n) is 2.19. The van der Waals surface area contributed by atoms with Gasteiger partial charge in [-0.25, -0.2) is 0 Å². The van der Waals surface area contributed by atoms with Gasteiger partial charge >= 0.3 is 0 Å². The minimum atomic E-state index is 0.114. The Labute approximate surface area is 119 Å². The number of ketones is 1. The molecular formula is C17H17ClO. The molecule has 0 aliphatic carbocycles. The quantitative estimate of drug-likeness (QED) is 0.741. The van der Waals surface area contributed by atoms with Crippen LogP contribution in [0.4, 0.5) is 0 Å². The Balaban J connectivity index is 2.25. The zero-order valence-corrected chi connectivity index (χ0v) is 12.2. The van der Waals surface area contributed by atoms with Crippen LogP contribution in [0.1, 0.15) is 32.6 Å². The Morgan fingerprint density at radius 2 is 1.63 bits per heavy atom. The largest absolute Gasteiger partial charge is 0.294 e. The molecule has 98 valence electrons. The van der Waals surface area contributed by atoms with Crippen LogP contribution in [0.2, 0.25) is 5.02 Å². The van der Waals surface area contributed by atoms with Crippen molar-refractivity contribution in [1.29, 1.82) is 0 Å². The third-order valence-electron chi connectivity index (χ3n) is 3.24. The molecule has 0 saturated heterocycles. The minimum absolute atomic E-state index is 0.114. The first-order valence-electron chi connectivity index (χ1n) is 6.33. The van der Waals surface area contributed by atoms with Gasteiger partial charge in [-0.05, 0) is 43.5 Å². The number of rotatable bonds is 3. The lowest BCUT2D eigenvalue weighted by atomic mass is 9.97. The second-order valence-electron chi connectivity index (χ2n) is 5.01. The van der Waals surface area contributed by atoms with E-state index in [1.54, 1.807) is 0 Å². The smallest absolute Gasteiger partial charge is 0.167 e. The molecule has 0 aliphatic rings. The first kappa shape index (κ1) is 13.8. The molecular weight excluding hydrogens is 256 g/mol. The molecule has 19 heavy (non-hydrogen) atoms. The van der Waals surface area contributed by atoms with Crippen LogP contribution in [0.5, 0.6) is 0 Å². The molecule has 2 rings (SSSR count). The summed E-state index contributed by atoms with van der Waals surface area (Å²) in [7, 11) is 0. The van der Waals surface area contributed by atoms with Crippen molar-refractivity contribution in [2.45, 2.75) is 27.2 Å². The molecule has 1 nitrogen and oxygen atoms in total. The summed E-state index contributed by atoms with van der Waals surface area (Å²) in [4.78, 5) is 12.3. The van der Waals surface area contributed by atoms with Gasteiger partial charge in [0.1, 0.15) is 0 Å². The lowest BCUT2D eigenvalue weighted by Crippen LogP contribution is -2.06. The molecule has 0 N–H and O–H groups in total. The summed E-state index contributed by atoms with van der Waals surface area (Å²) in [5.74, 6) is 0.114. The van der Waals surface area contributed by atoms with Gasteiger partial charge in [-0.15, -0.1) is 0 Å². The van der Waals surface area contributed by atoms with Crippen molar-refractivity contribution in [3.8, 4) is 0 Å². The topological polar surface area (TPSA) is 17.1 Å². The Bertz CT molecular complexity index is 629. The van der Waals surface area contributed by atoms with Gasteiger partial charge in [0, 0.05) is 17.0 Å². The molecule has 0 atom stereocenters. The Kier molecular flexibility index (Phi) is 4.06. The molecule has 2 aromatic carbocycles. The van der Waals surface area contributed by atoms with Gasteiger partial charge in [0.25, 0.3) is 0 Å². The number of aryl methyl sites for hydroxylation is 3. The van der Waals surface area contributed by atoms with Crippen LogP contribution in [0, 0.1) is 20.8 Å². The van der Waals surface area contributed by atoms with E-state index in [1.165, 1.54) is 5.56 Å². The minimum Gasteiger partial charge on any atom is -0.294 e. The van der Waals surface area contributed by atoms with Crippen LogP contribution < -0.4 is 0 Å². The molecule has 2 heteroatoms. The summed E-state index contributed by atoms with van der Waals surface area (Å²) < 4.78 is 0. The van der Waals surface area contributed by atoms with Crippen LogP contribution in [-0.2, 0) is 6.42 Å². The van der Waals surface area contributed by atoms with E-state index >= 15 is 0 Å². The second kappa shape index (κ2) is 5.58. The summed E-state index contributed by atoms with van der Waals surface area (Å²) in [5.41, 5.74) is 4.96. The fourth-order valence-corrected chi connectivity index (χ4v) is 2.49. The number of Topliss-reactive ketones (excluding diaryl/α,β-unsaturated/α-hetero) is 1. The van der Waals surface area contributed by atoms with Crippen LogP contribution >= 0.6 is 11.6 Å². The van der Waals surface area contributed by atoms with Crippen LogP contribution in [-0.4, -0.2) is 5.78 Å². The molecule has 0 aliphatic heterocycles. The maximum Gasteiger partial charge on any atom is 0.167 e. The number of hydrogen-bond acceptors (Lipinski definition) is 1. The predicted octanol–water partition coefficient (Wildman–Crippen LogP) is 4.69. The van der Waals surface area contributed by atoms with E-state index in [4.69, 9.17) is 11.6 Å². The van der Waals surface area contributed by atoms with Gasteiger partial charge in [0.15, 0.2) is 5.78 Å². The van der Waals surface area contributed by atoms with E-state index in [1.807, 2.05) is 57.2 Å². The molecule has 0 aromatic heterocycles. The molecule has 0 unspecified atom stereocenters. The first-order chi connectivity index (χ1) is 8.97. The van der Waals surface area contributed by atoms with Gasteiger partial charge in [-0.3, -0.25) is 4.79 Å².